The van der Waals surface area contributed by atoms with Gasteiger partial charge in [-0.1, -0.05) is 24.3 Å². The summed E-state index contributed by atoms with van der Waals surface area (Å²) in [4.78, 5) is 44.0. The summed E-state index contributed by atoms with van der Waals surface area (Å²) >= 11 is 2.68. The molecular weight excluding hydrogens is 767 g/mol. The summed E-state index contributed by atoms with van der Waals surface area (Å²) < 4.78 is 13.2. The minimum atomic E-state index is -1.79. The van der Waals surface area contributed by atoms with Gasteiger partial charge in [0.2, 0.25) is 11.2 Å². The first-order valence-electron chi connectivity index (χ1n) is 18.2. The second kappa shape index (κ2) is 18.5. The number of hydrogen-bond acceptors (Lipinski definition) is 12. The highest BCUT2D eigenvalue weighted by Crippen LogP contribution is 2.38. The molecule has 1 aliphatic rings. The number of rotatable bonds is 15. The van der Waals surface area contributed by atoms with E-state index in [0.29, 0.717) is 45.4 Å². The van der Waals surface area contributed by atoms with Gasteiger partial charge in [0.05, 0.1) is 26.9 Å². The summed E-state index contributed by atoms with van der Waals surface area (Å²) in [5.41, 5.74) is 0.868. The van der Waals surface area contributed by atoms with Gasteiger partial charge < -0.3 is 39.7 Å². The van der Waals surface area contributed by atoms with E-state index in [1.807, 2.05) is 41.1 Å². The molecule has 1 fully saturated rings. The molecule has 0 unspecified atom stereocenters. The van der Waals surface area contributed by atoms with Crippen LogP contribution in [-0.2, 0) is 28.2 Å². The zero-order valence-corrected chi connectivity index (χ0v) is 32.4. The number of unbranched alkanes of at least 4 members (excludes halogenated alkanes) is 1. The van der Waals surface area contributed by atoms with Crippen LogP contribution in [0.2, 0.25) is 0 Å². The first-order valence-corrected chi connectivity index (χ1v) is 20.0. The van der Waals surface area contributed by atoms with Crippen LogP contribution in [0.1, 0.15) is 65.5 Å². The Morgan fingerprint density at radius 2 is 1.73 bits per heavy atom. The first-order chi connectivity index (χ1) is 26.1. The number of phenols is 1. The third-order valence-corrected chi connectivity index (χ3v) is 12.4. The fourth-order valence-electron chi connectivity index (χ4n) is 7.39. The molecule has 300 valence electrons. The standard InChI is InChI=1S/C40H44N4O8S2.2FH/c1-43(26-9-11-27(12-10-26)51-38(48)40(50,34-6-4-20-53-34)35-7-5-21-54-35)18-2-3-19-44-30-15-8-25(22-33(30)52-39(44)49)23-41-24-32(46)28-13-16-31(45)37-29(28)14-17-36(47)42-37;;/h4-8,13-17,20-22,26-27,32,41,45-46,50H,2-3,9-12,18-19,23-24H2,1H3,(H,42,47);2*1H/t26?,27?,32-;;/m1../s1. The quantitative estimate of drug-likeness (QED) is 0.0622. The monoisotopic (exact) mass is 812 g/mol. The minimum absolute atomic E-state index is 0. The fourth-order valence-corrected chi connectivity index (χ4v) is 9.10. The lowest BCUT2D eigenvalue weighted by atomic mass is 9.91. The van der Waals surface area contributed by atoms with E-state index in [1.54, 1.807) is 28.8 Å². The van der Waals surface area contributed by atoms with E-state index in [9.17, 15) is 29.7 Å². The second-order valence-electron chi connectivity index (χ2n) is 13.9. The molecule has 0 saturated heterocycles. The fraction of sp³-hybridized carbons (Fsp3) is 0.375. The van der Waals surface area contributed by atoms with Crippen molar-refractivity contribution in [2.75, 3.05) is 20.1 Å². The van der Waals surface area contributed by atoms with Gasteiger partial charge in [-0.25, -0.2) is 9.59 Å². The number of H-pyrrole nitrogens is 1. The molecule has 1 atom stereocenters. The Morgan fingerprint density at radius 3 is 2.41 bits per heavy atom. The highest BCUT2D eigenvalue weighted by Gasteiger charge is 2.45. The number of esters is 1. The molecule has 4 aromatic heterocycles. The Morgan fingerprint density at radius 1 is 1.02 bits per heavy atom. The number of nitrogens with zero attached hydrogens (tertiary/aromatic N) is 2. The molecule has 56 heavy (non-hydrogen) atoms. The van der Waals surface area contributed by atoms with Crippen LogP contribution in [0.25, 0.3) is 22.0 Å². The Labute approximate surface area is 328 Å². The van der Waals surface area contributed by atoms with E-state index in [0.717, 1.165) is 56.1 Å². The number of fused-ring (bicyclic) bond motifs is 2. The predicted octanol–water partition coefficient (Wildman–Crippen LogP) is 5.90. The van der Waals surface area contributed by atoms with Crippen molar-refractivity contribution in [1.29, 1.82) is 0 Å². The number of phenolic OH excluding ortho intramolecular Hbond substituents is 1. The van der Waals surface area contributed by atoms with E-state index in [-0.39, 0.29) is 38.9 Å². The van der Waals surface area contributed by atoms with Crippen molar-refractivity contribution in [3.8, 4) is 5.75 Å². The SMILES string of the molecule is CN(CCCCn1c(=O)oc2cc(CNC[C@@H](O)c3ccc(O)c4[nH]c(=O)ccc34)ccc21)C1CCC(OC(=O)C(O)(c2cccs2)c2cccs2)CC1.F.F. The molecule has 16 heteroatoms. The van der Waals surface area contributed by atoms with Crippen molar-refractivity contribution in [2.45, 2.75) is 75.5 Å². The number of aliphatic hydroxyl groups excluding tert-OH is 1. The van der Waals surface area contributed by atoms with Crippen molar-refractivity contribution >= 4 is 50.6 Å². The summed E-state index contributed by atoms with van der Waals surface area (Å²) in [6, 6.07) is 19.2. The summed E-state index contributed by atoms with van der Waals surface area (Å²) in [5.74, 6) is -1.07. The Bertz CT molecular complexity index is 2280. The molecule has 0 radical (unpaired) electrons. The summed E-state index contributed by atoms with van der Waals surface area (Å²) in [5, 5.41) is 40.1. The van der Waals surface area contributed by atoms with Crippen molar-refractivity contribution in [3.63, 3.8) is 0 Å². The lowest BCUT2D eigenvalue weighted by Gasteiger charge is -2.35. The van der Waals surface area contributed by atoms with Crippen LogP contribution in [0.3, 0.4) is 0 Å². The van der Waals surface area contributed by atoms with E-state index in [4.69, 9.17) is 9.15 Å². The highest BCUT2D eigenvalue weighted by molar-refractivity contribution is 7.12. The van der Waals surface area contributed by atoms with Gasteiger partial charge >= 0.3 is 11.7 Å². The van der Waals surface area contributed by atoms with Crippen molar-refractivity contribution in [1.82, 2.24) is 19.8 Å². The number of thiophene rings is 2. The smallest absolute Gasteiger partial charge is 0.419 e. The van der Waals surface area contributed by atoms with Crippen molar-refractivity contribution in [2.24, 2.45) is 0 Å². The third kappa shape index (κ3) is 8.96. The van der Waals surface area contributed by atoms with E-state index < -0.39 is 23.4 Å². The molecule has 0 amide bonds. The second-order valence-corrected chi connectivity index (χ2v) is 15.8. The molecular formula is C40H46F2N4O8S2. The van der Waals surface area contributed by atoms with E-state index >= 15 is 0 Å². The molecule has 4 heterocycles. The Kier molecular flexibility index (Phi) is 14.0. The average molecular weight is 813 g/mol. The van der Waals surface area contributed by atoms with Gasteiger partial charge in [-0.15, -0.1) is 22.7 Å². The van der Waals surface area contributed by atoms with Gasteiger partial charge in [0.25, 0.3) is 0 Å². The molecule has 1 aliphatic carbocycles. The van der Waals surface area contributed by atoms with Crippen LogP contribution >= 0.6 is 22.7 Å². The minimum Gasteiger partial charge on any atom is -0.506 e. The number of carbonyl (C=O) groups excluding carboxylic acids is 1. The van der Waals surface area contributed by atoms with Crippen LogP contribution in [0.4, 0.5) is 9.41 Å². The molecule has 0 aliphatic heterocycles. The number of aromatic amines is 1. The topological polar surface area (TPSA) is 170 Å². The number of aryl methyl sites for hydroxylation is 1. The summed E-state index contributed by atoms with van der Waals surface area (Å²) in [7, 11) is 2.12. The first kappa shape index (κ1) is 42.4. The van der Waals surface area contributed by atoms with Crippen molar-refractivity contribution in [3.05, 3.63) is 119 Å². The normalized spacial score (nSPS) is 16.4. The molecule has 1 saturated carbocycles. The number of ether oxygens (including phenoxy) is 1. The third-order valence-electron chi connectivity index (χ3n) is 10.4. The summed E-state index contributed by atoms with van der Waals surface area (Å²) in [6.45, 7) is 2.06. The summed E-state index contributed by atoms with van der Waals surface area (Å²) in [6.07, 6.45) is 3.83. The maximum absolute atomic E-state index is 13.4. The van der Waals surface area contributed by atoms with Gasteiger partial charge in [0.1, 0.15) is 11.9 Å². The van der Waals surface area contributed by atoms with Crippen LogP contribution in [0.15, 0.2) is 91.5 Å². The number of nitrogens with one attached hydrogen (secondary N) is 2. The highest BCUT2D eigenvalue weighted by atomic mass is 32.1. The largest absolute Gasteiger partial charge is 0.506 e. The van der Waals surface area contributed by atoms with Crippen molar-refractivity contribution < 1.29 is 38.7 Å². The van der Waals surface area contributed by atoms with E-state index in [1.165, 1.54) is 34.8 Å². The molecule has 12 nitrogen and oxygen atoms in total. The number of pyridine rings is 1. The maximum Gasteiger partial charge on any atom is 0.419 e. The molecule has 5 N–H and O–H groups in total. The Balaban J connectivity index is 0.00000300. The molecule has 7 rings (SSSR count). The number of hydrogen-bond donors (Lipinski definition) is 5. The zero-order valence-electron chi connectivity index (χ0n) is 30.7. The van der Waals surface area contributed by atoms with Gasteiger partial charge in [-0.3, -0.25) is 18.8 Å². The lowest BCUT2D eigenvalue weighted by Crippen LogP contribution is -2.42. The lowest BCUT2D eigenvalue weighted by molar-refractivity contribution is -0.169. The number of benzene rings is 2. The predicted molar refractivity (Wildman–Crippen MR) is 214 cm³/mol. The molecule has 2 aromatic carbocycles. The maximum atomic E-state index is 13.4. The number of oxazole rings is 1. The van der Waals surface area contributed by atoms with Gasteiger partial charge in [-0.05, 0) is 110 Å². The molecule has 0 bridgehead atoms. The molecule has 6 aromatic rings. The van der Waals surface area contributed by atoms with Crippen LogP contribution < -0.4 is 16.6 Å². The number of carbonyl (C=O) groups is 1. The average Bonchev–Trinajstić information content (AvgIpc) is 3.97. The van der Waals surface area contributed by atoms with Gasteiger partial charge in [0, 0.05) is 37.1 Å². The zero-order chi connectivity index (χ0) is 37.8. The van der Waals surface area contributed by atoms with Gasteiger partial charge in [0.15, 0.2) is 5.58 Å². The van der Waals surface area contributed by atoms with E-state index in [2.05, 4.69) is 22.2 Å². The number of halogens is 2. The van der Waals surface area contributed by atoms with Crippen LogP contribution in [0, 0.1) is 0 Å². The molecule has 0 spiro atoms. The number of aromatic nitrogens is 2. The number of aliphatic hydroxyl groups is 2. The number of aromatic hydroxyl groups is 1. The van der Waals surface area contributed by atoms with Crippen LogP contribution in [-0.4, -0.2) is 68.0 Å². The Hall–Kier alpha value is -4.71. The van der Waals surface area contributed by atoms with Gasteiger partial charge in [-0.2, -0.15) is 0 Å². The van der Waals surface area contributed by atoms with Crippen LogP contribution in [0.5, 0.6) is 5.75 Å².